The maximum Gasteiger partial charge on any atom is 0.259 e. The molecule has 1 aliphatic heterocycles. The van der Waals surface area contributed by atoms with Gasteiger partial charge in [0, 0.05) is 19.5 Å². The van der Waals surface area contributed by atoms with Gasteiger partial charge in [-0.05, 0) is 28.9 Å². The molecule has 0 radical (unpaired) electrons. The Morgan fingerprint density at radius 2 is 2.50 bits per heavy atom. The van der Waals surface area contributed by atoms with E-state index in [1.54, 1.807) is 11.4 Å². The van der Waals surface area contributed by atoms with E-state index in [9.17, 15) is 14.3 Å². The molecule has 1 aliphatic rings. The number of carbonyl (C=O) groups is 1. The number of hydrogen-bond donors (Lipinski definition) is 3. The third-order valence-corrected chi connectivity index (χ3v) is 3.60. The first-order valence-electron chi connectivity index (χ1n) is 5.50. The molecule has 2 atom stereocenters. The lowest BCUT2D eigenvalue weighted by Gasteiger charge is -2.18. The first kappa shape index (κ1) is 15.4. The van der Waals surface area contributed by atoms with Crippen LogP contribution in [0.1, 0.15) is 18.1 Å². The number of halogens is 2. The molecule has 0 aromatic carbocycles. The molecule has 18 heavy (non-hydrogen) atoms. The Kier molecular flexibility index (Phi) is 5.52. The normalized spacial score (nSPS) is 24.3. The van der Waals surface area contributed by atoms with Crippen molar-refractivity contribution in [2.24, 2.45) is 0 Å². The molecule has 102 valence electrons. The van der Waals surface area contributed by atoms with Crippen molar-refractivity contribution in [3.05, 3.63) is 22.4 Å². The van der Waals surface area contributed by atoms with Crippen LogP contribution in [-0.2, 0) is 4.79 Å². The molecule has 2 rings (SSSR count). The highest BCUT2D eigenvalue weighted by Gasteiger charge is 2.41. The molecule has 0 aliphatic carbocycles. The van der Waals surface area contributed by atoms with Crippen LogP contribution in [0, 0.1) is 0 Å². The van der Waals surface area contributed by atoms with Crippen molar-refractivity contribution in [1.29, 1.82) is 0 Å². The van der Waals surface area contributed by atoms with Gasteiger partial charge >= 0.3 is 0 Å². The van der Waals surface area contributed by atoms with Crippen LogP contribution >= 0.6 is 23.7 Å². The lowest BCUT2D eigenvalue weighted by molar-refractivity contribution is -0.132. The summed E-state index contributed by atoms with van der Waals surface area (Å²) in [5.74, 6) is -0.642. The number of aliphatic hydroxyl groups excluding tert-OH is 1. The van der Waals surface area contributed by atoms with Crippen LogP contribution in [0.15, 0.2) is 16.8 Å². The smallest absolute Gasteiger partial charge is 0.259 e. The van der Waals surface area contributed by atoms with Crippen molar-refractivity contribution < 1.29 is 14.3 Å². The van der Waals surface area contributed by atoms with Gasteiger partial charge in [-0.15, -0.1) is 12.4 Å². The van der Waals surface area contributed by atoms with E-state index in [0.717, 1.165) is 5.56 Å². The van der Waals surface area contributed by atoms with Crippen LogP contribution in [0.4, 0.5) is 4.39 Å². The minimum Gasteiger partial charge on any atom is -0.387 e. The average Bonchev–Trinajstić information content (AvgIpc) is 2.96. The van der Waals surface area contributed by atoms with E-state index >= 15 is 0 Å². The summed E-state index contributed by atoms with van der Waals surface area (Å²) in [7, 11) is 0. The van der Waals surface area contributed by atoms with Crippen LogP contribution in [0.25, 0.3) is 0 Å². The molecular formula is C11H16ClFN2O2S. The second-order valence-electron chi connectivity index (χ2n) is 4.17. The Balaban J connectivity index is 0.00000162. The summed E-state index contributed by atoms with van der Waals surface area (Å²) in [5, 5.41) is 18.7. The summed E-state index contributed by atoms with van der Waals surface area (Å²) in [6.07, 6.45) is -0.587. The van der Waals surface area contributed by atoms with Crippen LogP contribution in [0.3, 0.4) is 0 Å². The predicted octanol–water partition coefficient (Wildman–Crippen LogP) is 1.02. The molecule has 0 spiro atoms. The maximum absolute atomic E-state index is 13.9. The Bertz CT molecular complexity index is 382. The maximum atomic E-state index is 13.9. The molecule has 1 amide bonds. The summed E-state index contributed by atoms with van der Waals surface area (Å²) >= 11 is 1.47. The lowest BCUT2D eigenvalue weighted by Crippen LogP contribution is -2.46. The summed E-state index contributed by atoms with van der Waals surface area (Å²) < 4.78 is 13.9. The molecule has 1 saturated heterocycles. The van der Waals surface area contributed by atoms with Crippen molar-refractivity contribution in [2.45, 2.75) is 18.2 Å². The second kappa shape index (κ2) is 6.47. The average molecular weight is 295 g/mol. The second-order valence-corrected chi connectivity index (χ2v) is 4.95. The third kappa shape index (κ3) is 3.41. The van der Waals surface area contributed by atoms with Gasteiger partial charge in [0.25, 0.3) is 5.91 Å². The number of aliphatic hydroxyl groups is 1. The summed E-state index contributed by atoms with van der Waals surface area (Å²) in [4.78, 5) is 11.6. The zero-order valence-electron chi connectivity index (χ0n) is 9.69. The molecule has 1 fully saturated rings. The van der Waals surface area contributed by atoms with E-state index in [2.05, 4.69) is 10.6 Å². The lowest BCUT2D eigenvalue weighted by atomic mass is 10.0. The minimum atomic E-state index is -1.83. The van der Waals surface area contributed by atoms with Gasteiger partial charge in [-0.25, -0.2) is 4.39 Å². The standard InChI is InChI=1S/C11H15FN2O2S.ClH/c12-11(2-3-13-7-11)10(16)14-5-9(15)8-1-4-17-6-8;/h1,4,6,9,13,15H,2-3,5,7H2,(H,14,16);1H. The van der Waals surface area contributed by atoms with E-state index in [1.165, 1.54) is 11.3 Å². The van der Waals surface area contributed by atoms with Crippen LogP contribution in [0.5, 0.6) is 0 Å². The Morgan fingerprint density at radius 3 is 3.06 bits per heavy atom. The molecule has 4 nitrogen and oxygen atoms in total. The van der Waals surface area contributed by atoms with Crippen molar-refractivity contribution in [1.82, 2.24) is 10.6 Å². The SMILES string of the molecule is Cl.O=C(NCC(O)c1ccsc1)C1(F)CCNC1. The van der Waals surface area contributed by atoms with E-state index in [-0.39, 0.29) is 31.9 Å². The molecule has 3 N–H and O–H groups in total. The zero-order valence-corrected chi connectivity index (χ0v) is 11.3. The summed E-state index contributed by atoms with van der Waals surface area (Å²) in [6.45, 7) is 0.603. The Hall–Kier alpha value is -0.690. The number of rotatable bonds is 4. The number of alkyl halides is 1. The number of hydrogen-bond acceptors (Lipinski definition) is 4. The Labute approximate surface area is 115 Å². The largest absolute Gasteiger partial charge is 0.387 e. The molecular weight excluding hydrogens is 279 g/mol. The highest BCUT2D eigenvalue weighted by Crippen LogP contribution is 2.20. The van der Waals surface area contributed by atoms with Gasteiger partial charge in [0.05, 0.1) is 6.10 Å². The van der Waals surface area contributed by atoms with E-state index in [0.29, 0.717) is 6.54 Å². The fourth-order valence-corrected chi connectivity index (χ4v) is 2.49. The van der Waals surface area contributed by atoms with Crippen molar-refractivity contribution in [3.63, 3.8) is 0 Å². The van der Waals surface area contributed by atoms with Crippen molar-refractivity contribution in [3.8, 4) is 0 Å². The predicted molar refractivity (Wildman–Crippen MR) is 70.9 cm³/mol. The number of thiophene rings is 1. The van der Waals surface area contributed by atoms with Gasteiger partial charge in [0.2, 0.25) is 5.67 Å². The molecule has 0 saturated carbocycles. The van der Waals surface area contributed by atoms with Gasteiger partial charge < -0.3 is 15.7 Å². The van der Waals surface area contributed by atoms with Gasteiger partial charge in [0.1, 0.15) is 0 Å². The van der Waals surface area contributed by atoms with Crippen LogP contribution in [-0.4, -0.2) is 36.3 Å². The molecule has 2 unspecified atom stereocenters. The first-order chi connectivity index (χ1) is 8.12. The summed E-state index contributed by atoms with van der Waals surface area (Å²) in [6, 6.07) is 1.78. The molecule has 2 heterocycles. The monoisotopic (exact) mass is 294 g/mol. The van der Waals surface area contributed by atoms with Gasteiger partial charge in [0.15, 0.2) is 0 Å². The first-order valence-corrected chi connectivity index (χ1v) is 6.44. The fraction of sp³-hybridized carbons (Fsp3) is 0.545. The van der Waals surface area contributed by atoms with Gasteiger partial charge in [-0.3, -0.25) is 4.79 Å². The third-order valence-electron chi connectivity index (χ3n) is 2.89. The highest BCUT2D eigenvalue weighted by atomic mass is 35.5. The van der Waals surface area contributed by atoms with Crippen LogP contribution < -0.4 is 10.6 Å². The number of nitrogens with one attached hydrogen (secondary N) is 2. The quantitative estimate of drug-likeness (QED) is 0.777. The fourth-order valence-electron chi connectivity index (χ4n) is 1.79. The number of carbonyl (C=O) groups excluding carboxylic acids is 1. The highest BCUT2D eigenvalue weighted by molar-refractivity contribution is 7.07. The molecule has 7 heteroatoms. The topological polar surface area (TPSA) is 61.4 Å². The Morgan fingerprint density at radius 1 is 1.72 bits per heavy atom. The van der Waals surface area contributed by atoms with Gasteiger partial charge in [-0.2, -0.15) is 11.3 Å². The van der Waals surface area contributed by atoms with E-state index in [1.807, 2.05) is 5.38 Å². The van der Waals surface area contributed by atoms with E-state index < -0.39 is 17.7 Å². The molecule has 1 aromatic rings. The number of amides is 1. The van der Waals surface area contributed by atoms with Gasteiger partial charge in [-0.1, -0.05) is 0 Å². The minimum absolute atomic E-state index is 0. The van der Waals surface area contributed by atoms with Crippen molar-refractivity contribution >= 4 is 29.7 Å². The zero-order chi connectivity index (χ0) is 12.3. The van der Waals surface area contributed by atoms with E-state index in [4.69, 9.17) is 0 Å². The molecule has 0 bridgehead atoms. The van der Waals surface area contributed by atoms with Crippen LogP contribution in [0.2, 0.25) is 0 Å². The molecule has 1 aromatic heterocycles. The van der Waals surface area contributed by atoms with Crippen molar-refractivity contribution in [2.75, 3.05) is 19.6 Å². The summed E-state index contributed by atoms with van der Waals surface area (Å²) in [5.41, 5.74) is -1.08.